The summed E-state index contributed by atoms with van der Waals surface area (Å²) in [7, 11) is -3.50. The molecule has 1 heterocycles. The first-order valence-corrected chi connectivity index (χ1v) is 7.15. The van der Waals surface area contributed by atoms with E-state index in [4.69, 9.17) is 5.26 Å². The summed E-state index contributed by atoms with van der Waals surface area (Å²) in [5.74, 6) is 0.214. The van der Waals surface area contributed by atoms with E-state index in [2.05, 4.69) is 14.9 Å². The maximum Gasteiger partial charge on any atom is 0.238 e. The van der Waals surface area contributed by atoms with Crippen molar-refractivity contribution in [1.29, 1.82) is 5.26 Å². The number of nitrogens with one attached hydrogen (secondary N) is 2. The van der Waals surface area contributed by atoms with E-state index in [0.717, 1.165) is 5.56 Å². The Morgan fingerprint density at radius 3 is 2.58 bits per heavy atom. The molecule has 1 aromatic carbocycles. The number of aryl methyl sites for hydroxylation is 1. The summed E-state index contributed by atoms with van der Waals surface area (Å²) >= 11 is 0. The Morgan fingerprint density at radius 2 is 2.05 bits per heavy atom. The number of anilines is 1. The fourth-order valence-corrected chi connectivity index (χ4v) is 2.76. The molecule has 0 aliphatic heterocycles. The zero-order valence-corrected chi connectivity index (χ0v) is 11.0. The predicted octanol–water partition coefficient (Wildman–Crippen LogP) is 1.53. The van der Waals surface area contributed by atoms with Crippen LogP contribution in [0.2, 0.25) is 0 Å². The highest BCUT2D eigenvalue weighted by atomic mass is 32.2. The van der Waals surface area contributed by atoms with Gasteiger partial charge in [-0.25, -0.2) is 8.42 Å². The molecule has 0 amide bonds. The van der Waals surface area contributed by atoms with Crippen LogP contribution in [0.1, 0.15) is 16.7 Å². The van der Waals surface area contributed by atoms with E-state index in [1.165, 1.54) is 0 Å². The molecule has 0 aliphatic carbocycles. The fourth-order valence-electron chi connectivity index (χ4n) is 1.54. The van der Waals surface area contributed by atoms with Crippen LogP contribution in [0.5, 0.6) is 0 Å². The lowest BCUT2D eigenvalue weighted by atomic mass is 10.2. The van der Waals surface area contributed by atoms with E-state index >= 15 is 0 Å². The molecule has 0 saturated heterocycles. The SMILES string of the molecule is Cc1cn[nH]c1NS(=O)(=O)Cc1ccc(C#N)cc1. The zero-order valence-electron chi connectivity index (χ0n) is 10.2. The number of aromatic nitrogens is 2. The molecule has 0 saturated carbocycles. The van der Waals surface area contributed by atoms with Crippen molar-refractivity contribution >= 4 is 15.8 Å². The highest BCUT2D eigenvalue weighted by Crippen LogP contribution is 2.14. The fraction of sp³-hybridized carbons (Fsp3) is 0.167. The Balaban J connectivity index is 2.13. The summed E-state index contributed by atoms with van der Waals surface area (Å²) in [4.78, 5) is 0. The monoisotopic (exact) mass is 276 g/mol. The molecule has 0 radical (unpaired) electrons. The largest absolute Gasteiger partial charge is 0.267 e. The van der Waals surface area contributed by atoms with Crippen molar-refractivity contribution in [1.82, 2.24) is 10.2 Å². The van der Waals surface area contributed by atoms with Gasteiger partial charge in [0.2, 0.25) is 10.0 Å². The Bertz CT molecular complexity index is 711. The maximum absolute atomic E-state index is 12.0. The summed E-state index contributed by atoms with van der Waals surface area (Å²) in [6, 6.07) is 8.41. The van der Waals surface area contributed by atoms with Crippen molar-refractivity contribution in [3.05, 3.63) is 47.2 Å². The van der Waals surface area contributed by atoms with E-state index in [0.29, 0.717) is 16.9 Å². The van der Waals surface area contributed by atoms with Gasteiger partial charge in [-0.2, -0.15) is 10.4 Å². The lowest BCUT2D eigenvalue weighted by molar-refractivity contribution is 0.600. The first-order valence-electron chi connectivity index (χ1n) is 5.50. The molecule has 2 rings (SSSR count). The zero-order chi connectivity index (χ0) is 13.9. The van der Waals surface area contributed by atoms with E-state index in [1.807, 2.05) is 6.07 Å². The number of hydrogen-bond donors (Lipinski definition) is 2. The molecule has 19 heavy (non-hydrogen) atoms. The second-order valence-electron chi connectivity index (χ2n) is 4.10. The minimum Gasteiger partial charge on any atom is -0.267 e. The highest BCUT2D eigenvalue weighted by molar-refractivity contribution is 7.91. The molecular formula is C12H12N4O2S. The van der Waals surface area contributed by atoms with Gasteiger partial charge in [0.15, 0.2) is 0 Å². The number of benzene rings is 1. The minimum atomic E-state index is -3.50. The molecular weight excluding hydrogens is 264 g/mol. The highest BCUT2D eigenvalue weighted by Gasteiger charge is 2.14. The van der Waals surface area contributed by atoms with Crippen LogP contribution in [0.4, 0.5) is 5.82 Å². The smallest absolute Gasteiger partial charge is 0.238 e. The molecule has 0 spiro atoms. The molecule has 0 unspecified atom stereocenters. The van der Waals surface area contributed by atoms with Crippen LogP contribution >= 0.6 is 0 Å². The molecule has 0 aliphatic rings. The van der Waals surface area contributed by atoms with Gasteiger partial charge in [0.05, 0.1) is 23.6 Å². The third-order valence-corrected chi connectivity index (χ3v) is 3.75. The van der Waals surface area contributed by atoms with Gasteiger partial charge in [-0.1, -0.05) is 12.1 Å². The van der Waals surface area contributed by atoms with Crippen molar-refractivity contribution in [2.45, 2.75) is 12.7 Å². The molecule has 98 valence electrons. The van der Waals surface area contributed by atoms with Crippen molar-refractivity contribution in [2.75, 3.05) is 4.72 Å². The lowest BCUT2D eigenvalue weighted by Gasteiger charge is -2.07. The molecule has 2 aromatic rings. The van der Waals surface area contributed by atoms with Gasteiger partial charge in [0.1, 0.15) is 5.82 Å². The Labute approximate surface area is 111 Å². The molecule has 1 aromatic heterocycles. The summed E-state index contributed by atoms with van der Waals surface area (Å²) in [5.41, 5.74) is 1.84. The third-order valence-electron chi connectivity index (χ3n) is 2.53. The Morgan fingerprint density at radius 1 is 1.37 bits per heavy atom. The molecule has 0 fully saturated rings. The van der Waals surface area contributed by atoms with Gasteiger partial charge < -0.3 is 0 Å². The molecule has 6 nitrogen and oxygen atoms in total. The van der Waals surface area contributed by atoms with Crippen molar-refractivity contribution in [2.24, 2.45) is 0 Å². The van der Waals surface area contributed by atoms with Crippen LogP contribution in [-0.4, -0.2) is 18.6 Å². The van der Waals surface area contributed by atoms with Crippen LogP contribution in [0.25, 0.3) is 0 Å². The number of rotatable bonds is 4. The van der Waals surface area contributed by atoms with Gasteiger partial charge in [-0.15, -0.1) is 0 Å². The number of hydrogen-bond acceptors (Lipinski definition) is 4. The second-order valence-corrected chi connectivity index (χ2v) is 5.82. The van der Waals surface area contributed by atoms with Gasteiger partial charge in [0, 0.05) is 5.56 Å². The summed E-state index contributed by atoms with van der Waals surface area (Å²) in [6.45, 7) is 1.75. The van der Waals surface area contributed by atoms with Gasteiger partial charge in [0.25, 0.3) is 0 Å². The van der Waals surface area contributed by atoms with E-state index in [-0.39, 0.29) is 5.75 Å². The molecule has 0 atom stereocenters. The Kier molecular flexibility index (Phi) is 3.53. The molecule has 7 heteroatoms. The molecule has 2 N–H and O–H groups in total. The van der Waals surface area contributed by atoms with Crippen LogP contribution in [0.3, 0.4) is 0 Å². The Hall–Kier alpha value is -2.33. The van der Waals surface area contributed by atoms with Gasteiger partial charge in [-0.3, -0.25) is 9.82 Å². The maximum atomic E-state index is 12.0. The second kappa shape index (κ2) is 5.12. The van der Waals surface area contributed by atoms with Gasteiger partial charge in [-0.05, 0) is 24.6 Å². The standard InChI is InChI=1S/C12H12N4O2S/c1-9-7-14-15-12(9)16-19(17,18)8-11-4-2-10(6-13)3-5-11/h2-5,7H,8H2,1H3,(H2,14,15,16). The normalized spacial score (nSPS) is 10.9. The van der Waals surface area contributed by atoms with E-state index in [9.17, 15) is 8.42 Å². The summed E-state index contributed by atoms with van der Waals surface area (Å²) in [6.07, 6.45) is 1.54. The third kappa shape index (κ3) is 3.33. The first kappa shape index (κ1) is 13.1. The average molecular weight is 276 g/mol. The lowest BCUT2D eigenvalue weighted by Crippen LogP contribution is -2.16. The minimum absolute atomic E-state index is 0.156. The van der Waals surface area contributed by atoms with Crippen LogP contribution < -0.4 is 4.72 Å². The van der Waals surface area contributed by atoms with Crippen molar-refractivity contribution < 1.29 is 8.42 Å². The van der Waals surface area contributed by atoms with E-state index in [1.54, 1.807) is 37.4 Å². The number of aromatic amines is 1. The van der Waals surface area contributed by atoms with Crippen LogP contribution in [0.15, 0.2) is 30.5 Å². The van der Waals surface area contributed by atoms with E-state index < -0.39 is 10.0 Å². The van der Waals surface area contributed by atoms with Gasteiger partial charge >= 0.3 is 0 Å². The van der Waals surface area contributed by atoms with Crippen LogP contribution in [-0.2, 0) is 15.8 Å². The van der Waals surface area contributed by atoms with Crippen molar-refractivity contribution in [3.63, 3.8) is 0 Å². The first-order chi connectivity index (χ1) is 9.00. The molecule has 0 bridgehead atoms. The van der Waals surface area contributed by atoms with Crippen molar-refractivity contribution in [3.8, 4) is 6.07 Å². The summed E-state index contributed by atoms with van der Waals surface area (Å²) < 4.78 is 26.3. The average Bonchev–Trinajstić information content (AvgIpc) is 2.75. The number of H-pyrrole nitrogens is 1. The topological polar surface area (TPSA) is 98.6 Å². The quantitative estimate of drug-likeness (QED) is 0.884. The number of nitrogens with zero attached hydrogens (tertiary/aromatic N) is 2. The number of nitriles is 1. The summed E-state index contributed by atoms with van der Waals surface area (Å²) in [5, 5.41) is 15.0. The number of sulfonamides is 1. The predicted molar refractivity (Wildman–Crippen MR) is 70.7 cm³/mol. The van der Waals surface area contributed by atoms with Crippen LogP contribution in [0, 0.1) is 18.3 Å².